The fraction of sp³-hybridized carbons (Fsp3) is 0.727. The van der Waals surface area contributed by atoms with E-state index in [-0.39, 0.29) is 0 Å². The van der Waals surface area contributed by atoms with Gasteiger partial charge in [0.05, 0.1) is 0 Å². The van der Waals surface area contributed by atoms with Gasteiger partial charge in [-0.1, -0.05) is 25.8 Å². The summed E-state index contributed by atoms with van der Waals surface area (Å²) in [6.07, 6.45) is 4.72. The van der Waals surface area contributed by atoms with E-state index in [9.17, 15) is 0 Å². The van der Waals surface area contributed by atoms with E-state index in [0.717, 1.165) is 5.71 Å². The Morgan fingerprint density at radius 2 is 2.00 bits per heavy atom. The minimum atomic E-state index is 0.701. The van der Waals surface area contributed by atoms with Crippen molar-refractivity contribution < 1.29 is 0 Å². The lowest BCUT2D eigenvalue weighted by atomic mass is 9.97. The molecule has 0 amide bonds. The topological polar surface area (TPSA) is 12.4 Å². The molecule has 0 rings (SSSR count). The highest BCUT2D eigenvalue weighted by Crippen LogP contribution is 2.15. The third-order valence-electron chi connectivity index (χ3n) is 2.29. The van der Waals surface area contributed by atoms with Gasteiger partial charge in [0.2, 0.25) is 0 Å². The minimum absolute atomic E-state index is 0.701. The van der Waals surface area contributed by atoms with Gasteiger partial charge in [-0.3, -0.25) is 4.99 Å². The van der Waals surface area contributed by atoms with E-state index < -0.39 is 0 Å². The summed E-state index contributed by atoms with van der Waals surface area (Å²) in [5.74, 6) is 0.701. The van der Waals surface area contributed by atoms with Crippen molar-refractivity contribution in [3.05, 3.63) is 11.6 Å². The molecule has 0 saturated carbocycles. The molecule has 1 nitrogen and oxygen atoms in total. The lowest BCUT2D eigenvalue weighted by Crippen LogP contribution is -1.98. The fourth-order valence-corrected chi connectivity index (χ4v) is 1.20. The van der Waals surface area contributed by atoms with E-state index in [1.54, 1.807) is 0 Å². The molecule has 0 aliphatic rings. The van der Waals surface area contributed by atoms with Crippen LogP contribution in [0.5, 0.6) is 0 Å². The Hall–Kier alpha value is -0.590. The first-order chi connectivity index (χ1) is 5.61. The van der Waals surface area contributed by atoms with Crippen LogP contribution in [-0.4, -0.2) is 12.8 Å². The van der Waals surface area contributed by atoms with Crippen molar-refractivity contribution in [2.75, 3.05) is 7.05 Å². The molecule has 0 heterocycles. The molecule has 0 spiro atoms. The molecule has 0 N–H and O–H groups in total. The molecular formula is C11H21N. The van der Waals surface area contributed by atoms with Crippen LogP contribution >= 0.6 is 0 Å². The maximum atomic E-state index is 4.11. The van der Waals surface area contributed by atoms with E-state index in [1.165, 1.54) is 18.4 Å². The second-order valence-corrected chi connectivity index (χ2v) is 3.44. The van der Waals surface area contributed by atoms with Gasteiger partial charge in [0.15, 0.2) is 0 Å². The van der Waals surface area contributed by atoms with E-state index in [4.69, 9.17) is 0 Å². The maximum absolute atomic E-state index is 4.11. The van der Waals surface area contributed by atoms with Crippen LogP contribution in [0, 0.1) is 5.92 Å². The van der Waals surface area contributed by atoms with Gasteiger partial charge in [-0.25, -0.2) is 0 Å². The molecule has 1 heteroatoms. The van der Waals surface area contributed by atoms with Gasteiger partial charge in [-0.15, -0.1) is 0 Å². The van der Waals surface area contributed by atoms with Crippen LogP contribution in [0.25, 0.3) is 0 Å². The SMILES string of the molecule is CCCC(C)/C(C)=C/C(C)=NC. The zero-order chi connectivity index (χ0) is 9.56. The number of allylic oxidation sites excluding steroid dienone is 2. The molecule has 1 atom stereocenters. The summed E-state index contributed by atoms with van der Waals surface area (Å²) in [6, 6.07) is 0. The molecule has 0 aromatic carbocycles. The average Bonchev–Trinajstić information content (AvgIpc) is 2.04. The van der Waals surface area contributed by atoms with E-state index >= 15 is 0 Å². The molecule has 0 bridgehead atoms. The van der Waals surface area contributed by atoms with Gasteiger partial charge in [0.1, 0.15) is 0 Å². The third-order valence-corrected chi connectivity index (χ3v) is 2.29. The van der Waals surface area contributed by atoms with Gasteiger partial charge in [-0.2, -0.15) is 0 Å². The van der Waals surface area contributed by atoms with Crippen molar-refractivity contribution in [2.45, 2.75) is 40.5 Å². The van der Waals surface area contributed by atoms with Crippen LogP contribution in [0.1, 0.15) is 40.5 Å². The monoisotopic (exact) mass is 167 g/mol. The van der Waals surface area contributed by atoms with Gasteiger partial charge >= 0.3 is 0 Å². The molecule has 0 aromatic rings. The maximum Gasteiger partial charge on any atom is 0.0313 e. The van der Waals surface area contributed by atoms with Crippen LogP contribution < -0.4 is 0 Å². The summed E-state index contributed by atoms with van der Waals surface area (Å²) in [5, 5.41) is 0. The molecule has 12 heavy (non-hydrogen) atoms. The lowest BCUT2D eigenvalue weighted by Gasteiger charge is -2.10. The highest BCUT2D eigenvalue weighted by Gasteiger charge is 2.01. The number of rotatable bonds is 4. The fourth-order valence-electron chi connectivity index (χ4n) is 1.20. The molecule has 0 aliphatic carbocycles. The van der Waals surface area contributed by atoms with Crippen molar-refractivity contribution in [2.24, 2.45) is 10.9 Å². The number of hydrogen-bond donors (Lipinski definition) is 0. The molecule has 0 aliphatic heterocycles. The normalized spacial score (nSPS) is 16.4. The van der Waals surface area contributed by atoms with E-state index in [2.05, 4.69) is 31.8 Å². The molecule has 0 aromatic heterocycles. The predicted octanol–water partition coefficient (Wildman–Crippen LogP) is 3.46. The first-order valence-electron chi connectivity index (χ1n) is 4.73. The minimum Gasteiger partial charge on any atom is -0.293 e. The van der Waals surface area contributed by atoms with E-state index in [1.807, 2.05) is 14.0 Å². The third kappa shape index (κ3) is 4.32. The predicted molar refractivity (Wildman–Crippen MR) is 56.9 cm³/mol. The Balaban J connectivity index is 4.16. The Kier molecular flexibility index (Phi) is 5.69. The zero-order valence-corrected chi connectivity index (χ0v) is 9.02. The molecule has 0 fully saturated rings. The summed E-state index contributed by atoms with van der Waals surface area (Å²) >= 11 is 0. The highest BCUT2D eigenvalue weighted by molar-refractivity contribution is 5.93. The molecule has 0 saturated heterocycles. The van der Waals surface area contributed by atoms with Crippen molar-refractivity contribution in [3.63, 3.8) is 0 Å². The number of hydrogen-bond acceptors (Lipinski definition) is 1. The summed E-state index contributed by atoms with van der Waals surface area (Å²) in [5.41, 5.74) is 2.57. The van der Waals surface area contributed by atoms with Crippen molar-refractivity contribution >= 4 is 5.71 Å². The first-order valence-corrected chi connectivity index (χ1v) is 4.73. The summed E-state index contributed by atoms with van der Waals surface area (Å²) < 4.78 is 0. The summed E-state index contributed by atoms with van der Waals surface area (Å²) in [7, 11) is 1.84. The Labute approximate surface area is 76.6 Å². The largest absolute Gasteiger partial charge is 0.293 e. The van der Waals surface area contributed by atoms with Crippen LogP contribution in [-0.2, 0) is 0 Å². The number of aliphatic imine (C=N–C) groups is 1. The van der Waals surface area contributed by atoms with Crippen LogP contribution in [0.2, 0.25) is 0 Å². The average molecular weight is 167 g/mol. The second kappa shape index (κ2) is 5.99. The highest BCUT2D eigenvalue weighted by atomic mass is 14.7. The first kappa shape index (κ1) is 11.4. The zero-order valence-electron chi connectivity index (χ0n) is 9.02. The Bertz CT molecular complexity index is 177. The van der Waals surface area contributed by atoms with Gasteiger partial charge in [-0.05, 0) is 32.3 Å². The molecule has 70 valence electrons. The quantitative estimate of drug-likeness (QED) is 0.569. The van der Waals surface area contributed by atoms with Crippen molar-refractivity contribution in [1.29, 1.82) is 0 Å². The van der Waals surface area contributed by atoms with Crippen LogP contribution in [0.4, 0.5) is 0 Å². The summed E-state index contributed by atoms with van der Waals surface area (Å²) in [4.78, 5) is 4.11. The van der Waals surface area contributed by atoms with Crippen LogP contribution in [0.15, 0.2) is 16.6 Å². The van der Waals surface area contributed by atoms with Gasteiger partial charge < -0.3 is 0 Å². The Morgan fingerprint density at radius 1 is 1.42 bits per heavy atom. The van der Waals surface area contributed by atoms with Crippen molar-refractivity contribution in [3.8, 4) is 0 Å². The van der Waals surface area contributed by atoms with Crippen molar-refractivity contribution in [1.82, 2.24) is 0 Å². The molecule has 0 radical (unpaired) electrons. The van der Waals surface area contributed by atoms with Crippen LogP contribution in [0.3, 0.4) is 0 Å². The number of nitrogens with zero attached hydrogens (tertiary/aromatic N) is 1. The summed E-state index contributed by atoms with van der Waals surface area (Å²) in [6.45, 7) is 8.74. The lowest BCUT2D eigenvalue weighted by molar-refractivity contribution is 0.602. The molecule has 1 unspecified atom stereocenters. The van der Waals surface area contributed by atoms with Gasteiger partial charge in [0.25, 0.3) is 0 Å². The van der Waals surface area contributed by atoms with E-state index in [0.29, 0.717) is 5.92 Å². The molecular weight excluding hydrogens is 146 g/mol. The second-order valence-electron chi connectivity index (χ2n) is 3.44. The smallest absolute Gasteiger partial charge is 0.0313 e. The standard InChI is InChI=1S/C11H21N/c1-6-7-9(2)10(3)8-11(4)12-5/h8-9H,6-7H2,1-5H3/b10-8+,12-11?. The Morgan fingerprint density at radius 3 is 2.42 bits per heavy atom. The van der Waals surface area contributed by atoms with Gasteiger partial charge in [0, 0.05) is 12.8 Å².